The maximum Gasteiger partial charge on any atom is 0.0451 e. The van der Waals surface area contributed by atoms with E-state index in [0.29, 0.717) is 5.04 Å². The van der Waals surface area contributed by atoms with Crippen molar-refractivity contribution >= 4 is 9.52 Å². The summed E-state index contributed by atoms with van der Waals surface area (Å²) in [5.74, 6) is 0. The van der Waals surface area contributed by atoms with E-state index in [1.807, 2.05) is 0 Å². The Labute approximate surface area is 137 Å². The standard InChI is InChI=1S/C21H26Si/c1-2-14-21(15-7-4-8-16-21)22-20-13-9-12-19(20)17-18-10-5-3-6-11-18/h3-13,15,20H,2,14,16-17,22H2,1H3. The second-order valence-electron chi connectivity index (χ2n) is 6.70. The lowest BCUT2D eigenvalue weighted by molar-refractivity contribution is 0.595. The van der Waals surface area contributed by atoms with Crippen molar-refractivity contribution in [2.75, 3.05) is 0 Å². The summed E-state index contributed by atoms with van der Waals surface area (Å²) in [7, 11) is -0.232. The van der Waals surface area contributed by atoms with Crippen LogP contribution in [0.15, 0.2) is 78.4 Å². The Morgan fingerprint density at radius 2 is 2.00 bits per heavy atom. The molecule has 0 nitrogen and oxygen atoms in total. The molecule has 0 N–H and O–H groups in total. The second kappa shape index (κ2) is 7.10. The fourth-order valence-electron chi connectivity index (χ4n) is 3.86. The molecule has 0 heterocycles. The molecule has 0 spiro atoms. The minimum atomic E-state index is -0.232. The Kier molecular flexibility index (Phi) is 4.94. The lowest BCUT2D eigenvalue weighted by Gasteiger charge is -2.33. The van der Waals surface area contributed by atoms with Crippen LogP contribution in [0, 0.1) is 0 Å². The van der Waals surface area contributed by atoms with E-state index in [1.54, 1.807) is 5.57 Å². The summed E-state index contributed by atoms with van der Waals surface area (Å²) in [5, 5.41) is 0.499. The Balaban J connectivity index is 1.71. The van der Waals surface area contributed by atoms with Gasteiger partial charge in [0.15, 0.2) is 0 Å². The SMILES string of the molecule is CCCC1([SiH2]C2C=CC=C2Cc2ccccc2)C=CC=CC1. The van der Waals surface area contributed by atoms with Crippen LogP contribution < -0.4 is 0 Å². The number of benzene rings is 1. The third-order valence-electron chi connectivity index (χ3n) is 4.98. The third-order valence-corrected chi connectivity index (χ3v) is 7.90. The highest BCUT2D eigenvalue weighted by molar-refractivity contribution is 6.45. The van der Waals surface area contributed by atoms with Crippen molar-refractivity contribution in [3.8, 4) is 0 Å². The monoisotopic (exact) mass is 306 g/mol. The number of hydrogen-bond acceptors (Lipinski definition) is 0. The highest BCUT2D eigenvalue weighted by atomic mass is 28.2. The number of hydrogen-bond donors (Lipinski definition) is 0. The van der Waals surface area contributed by atoms with Crippen molar-refractivity contribution in [3.05, 3.63) is 84.0 Å². The van der Waals surface area contributed by atoms with Crippen molar-refractivity contribution in [2.24, 2.45) is 0 Å². The predicted molar refractivity (Wildman–Crippen MR) is 100 cm³/mol. The molecule has 3 rings (SSSR count). The van der Waals surface area contributed by atoms with Crippen LogP contribution >= 0.6 is 0 Å². The first kappa shape index (κ1) is 15.3. The maximum absolute atomic E-state index is 2.52. The minimum Gasteiger partial charge on any atom is -0.0840 e. The van der Waals surface area contributed by atoms with E-state index in [1.165, 1.54) is 24.8 Å². The number of rotatable bonds is 6. The topological polar surface area (TPSA) is 0 Å². The summed E-state index contributed by atoms with van der Waals surface area (Å²) < 4.78 is 0. The molecular formula is C21H26Si. The maximum atomic E-state index is 2.52. The van der Waals surface area contributed by atoms with Crippen molar-refractivity contribution in [1.29, 1.82) is 0 Å². The molecule has 0 saturated carbocycles. The minimum absolute atomic E-state index is 0.232. The first-order valence-corrected chi connectivity index (χ1v) is 10.1. The molecule has 1 aromatic carbocycles. The molecule has 22 heavy (non-hydrogen) atoms. The molecule has 1 aromatic rings. The molecule has 0 radical (unpaired) electrons. The Bertz CT molecular complexity index is 606. The van der Waals surface area contributed by atoms with Gasteiger partial charge < -0.3 is 0 Å². The average molecular weight is 307 g/mol. The summed E-state index contributed by atoms with van der Waals surface area (Å²) in [6, 6.07) is 10.9. The zero-order chi connectivity index (χ0) is 15.3. The third kappa shape index (κ3) is 3.59. The van der Waals surface area contributed by atoms with Crippen LogP contribution in [0.2, 0.25) is 10.6 Å². The van der Waals surface area contributed by atoms with Crippen LogP contribution in [0.25, 0.3) is 0 Å². The van der Waals surface area contributed by atoms with Gasteiger partial charge in [-0.1, -0.05) is 91.8 Å². The van der Waals surface area contributed by atoms with E-state index < -0.39 is 0 Å². The van der Waals surface area contributed by atoms with Gasteiger partial charge in [0.25, 0.3) is 0 Å². The van der Waals surface area contributed by atoms with Crippen LogP contribution in [-0.4, -0.2) is 9.52 Å². The molecule has 2 aliphatic rings. The van der Waals surface area contributed by atoms with Crippen molar-refractivity contribution in [1.82, 2.24) is 0 Å². The summed E-state index contributed by atoms with van der Waals surface area (Å²) >= 11 is 0. The Hall–Kier alpha value is -1.60. The molecule has 2 atom stereocenters. The van der Waals surface area contributed by atoms with E-state index in [9.17, 15) is 0 Å². The van der Waals surface area contributed by atoms with Gasteiger partial charge in [0, 0.05) is 9.52 Å². The van der Waals surface area contributed by atoms with E-state index in [0.717, 1.165) is 12.0 Å². The molecule has 2 aliphatic carbocycles. The van der Waals surface area contributed by atoms with Gasteiger partial charge in [-0.25, -0.2) is 0 Å². The molecule has 0 fully saturated rings. The van der Waals surface area contributed by atoms with Crippen LogP contribution in [0.3, 0.4) is 0 Å². The fourth-order valence-corrected chi connectivity index (χ4v) is 6.74. The van der Waals surface area contributed by atoms with Crippen molar-refractivity contribution in [2.45, 2.75) is 43.2 Å². The molecule has 0 bridgehead atoms. The van der Waals surface area contributed by atoms with Crippen molar-refractivity contribution in [3.63, 3.8) is 0 Å². The van der Waals surface area contributed by atoms with E-state index in [4.69, 9.17) is 0 Å². The van der Waals surface area contributed by atoms with Crippen molar-refractivity contribution < 1.29 is 0 Å². The predicted octanol–water partition coefficient (Wildman–Crippen LogP) is 5.16. The van der Waals surface area contributed by atoms with Crippen LogP contribution in [0.1, 0.15) is 31.7 Å². The zero-order valence-electron chi connectivity index (χ0n) is 13.5. The van der Waals surface area contributed by atoms with Gasteiger partial charge >= 0.3 is 0 Å². The summed E-state index contributed by atoms with van der Waals surface area (Å²) in [6.07, 6.45) is 21.5. The lowest BCUT2D eigenvalue weighted by atomic mass is 9.94. The Morgan fingerprint density at radius 1 is 1.14 bits per heavy atom. The zero-order valence-corrected chi connectivity index (χ0v) is 15.0. The lowest BCUT2D eigenvalue weighted by Crippen LogP contribution is -2.23. The van der Waals surface area contributed by atoms with E-state index >= 15 is 0 Å². The van der Waals surface area contributed by atoms with Gasteiger partial charge in [0.2, 0.25) is 0 Å². The quantitative estimate of drug-likeness (QED) is 0.637. The molecule has 0 saturated heterocycles. The summed E-state index contributed by atoms with van der Waals surface area (Å²) in [4.78, 5) is 0. The van der Waals surface area contributed by atoms with Crippen LogP contribution in [-0.2, 0) is 6.42 Å². The van der Waals surface area contributed by atoms with Gasteiger partial charge in [0.1, 0.15) is 0 Å². The van der Waals surface area contributed by atoms with Crippen LogP contribution in [0.4, 0.5) is 0 Å². The summed E-state index contributed by atoms with van der Waals surface area (Å²) in [5.41, 5.74) is 3.82. The molecule has 0 amide bonds. The number of allylic oxidation sites excluding steroid dienone is 8. The van der Waals surface area contributed by atoms with E-state index in [2.05, 4.69) is 79.8 Å². The van der Waals surface area contributed by atoms with Gasteiger partial charge in [-0.2, -0.15) is 0 Å². The Morgan fingerprint density at radius 3 is 2.73 bits per heavy atom. The smallest absolute Gasteiger partial charge is 0.0451 e. The van der Waals surface area contributed by atoms with Gasteiger partial charge in [-0.3, -0.25) is 0 Å². The first-order chi connectivity index (χ1) is 10.8. The molecule has 1 heteroatoms. The molecule has 0 aliphatic heterocycles. The molecular weight excluding hydrogens is 280 g/mol. The van der Waals surface area contributed by atoms with Gasteiger partial charge in [-0.05, 0) is 35.4 Å². The normalized spacial score (nSPS) is 27.0. The summed E-state index contributed by atoms with van der Waals surface area (Å²) in [6.45, 7) is 2.33. The molecule has 2 unspecified atom stereocenters. The molecule has 0 aromatic heterocycles. The fraction of sp³-hybridized carbons (Fsp3) is 0.333. The average Bonchev–Trinajstić information content (AvgIpc) is 2.96. The highest BCUT2D eigenvalue weighted by Crippen LogP contribution is 2.45. The largest absolute Gasteiger partial charge is 0.0840 e. The van der Waals surface area contributed by atoms with Crippen LogP contribution in [0.5, 0.6) is 0 Å². The first-order valence-electron chi connectivity index (χ1n) is 8.57. The highest BCUT2D eigenvalue weighted by Gasteiger charge is 2.31. The van der Waals surface area contributed by atoms with Gasteiger partial charge in [-0.15, -0.1) is 0 Å². The van der Waals surface area contributed by atoms with E-state index in [-0.39, 0.29) is 9.52 Å². The van der Waals surface area contributed by atoms with Gasteiger partial charge in [0.05, 0.1) is 0 Å². The second-order valence-corrected chi connectivity index (χ2v) is 9.40. The molecule has 114 valence electrons.